The topological polar surface area (TPSA) is 138 Å². The molecule has 1 aromatic heterocycles. The molecule has 2 N–H and O–H groups in total. The van der Waals surface area contributed by atoms with Gasteiger partial charge in [-0.05, 0) is 68.6 Å². The maximum Gasteiger partial charge on any atom is 0.414 e. The van der Waals surface area contributed by atoms with Gasteiger partial charge in [0.2, 0.25) is 11.8 Å². The maximum atomic E-state index is 13.4. The van der Waals surface area contributed by atoms with Crippen LogP contribution in [0.2, 0.25) is 4.34 Å². The minimum atomic E-state index is -0.741. The van der Waals surface area contributed by atoms with Gasteiger partial charge in [0.15, 0.2) is 0 Å². The molecule has 14 heteroatoms. The highest BCUT2D eigenvalue weighted by atomic mass is 35.5. The van der Waals surface area contributed by atoms with Crippen molar-refractivity contribution in [3.05, 3.63) is 45.6 Å². The van der Waals surface area contributed by atoms with E-state index in [9.17, 15) is 24.0 Å². The quantitative estimate of drug-likeness (QED) is 0.361. The van der Waals surface area contributed by atoms with Crippen LogP contribution in [0.15, 0.2) is 36.4 Å². The molecule has 12 nitrogen and oxygen atoms in total. The number of amides is 5. The van der Waals surface area contributed by atoms with Gasteiger partial charge in [0.1, 0.15) is 12.7 Å². The number of thiophene rings is 1. The van der Waals surface area contributed by atoms with Crippen molar-refractivity contribution in [3.63, 3.8) is 0 Å². The van der Waals surface area contributed by atoms with Crippen molar-refractivity contribution in [2.75, 3.05) is 55.7 Å². The number of rotatable bonds is 11. The molecule has 0 unspecified atom stereocenters. The molecule has 3 aliphatic heterocycles. The Kier molecular flexibility index (Phi) is 10.3. The Balaban J connectivity index is 1.18. The van der Waals surface area contributed by atoms with E-state index < -0.39 is 24.0 Å². The summed E-state index contributed by atoms with van der Waals surface area (Å²) in [5, 5.41) is 6.05. The smallest absolute Gasteiger partial charge is 0.414 e. The monoisotopic (exact) mass is 631 g/mol. The van der Waals surface area contributed by atoms with Crippen LogP contribution in [-0.2, 0) is 23.9 Å². The van der Waals surface area contributed by atoms with E-state index in [-0.39, 0.29) is 44.0 Å². The average molecular weight is 632 g/mol. The van der Waals surface area contributed by atoms with Gasteiger partial charge in [-0.3, -0.25) is 29.0 Å². The number of morpholine rings is 1. The van der Waals surface area contributed by atoms with Crippen LogP contribution in [-0.4, -0.2) is 92.7 Å². The summed E-state index contributed by atoms with van der Waals surface area (Å²) in [6.45, 7) is 2.23. The fourth-order valence-corrected chi connectivity index (χ4v) is 6.27. The Labute approximate surface area is 258 Å². The van der Waals surface area contributed by atoms with Crippen LogP contribution >= 0.6 is 22.9 Å². The third-order valence-corrected chi connectivity index (χ3v) is 8.76. The number of cyclic esters (lactones) is 1. The van der Waals surface area contributed by atoms with E-state index in [1.54, 1.807) is 41.3 Å². The Morgan fingerprint density at radius 2 is 1.84 bits per heavy atom. The summed E-state index contributed by atoms with van der Waals surface area (Å²) < 4.78 is 11.2. The number of unbranched alkanes of at least 4 members (excludes halogenated alkanes) is 1. The zero-order chi connectivity index (χ0) is 30.3. The number of halogens is 1. The molecule has 2 atom stereocenters. The van der Waals surface area contributed by atoms with Crippen molar-refractivity contribution < 1.29 is 33.4 Å². The lowest BCUT2D eigenvalue weighted by Crippen LogP contribution is -2.43. The molecule has 0 saturated carbocycles. The first-order valence-electron chi connectivity index (χ1n) is 14.4. The number of nitrogens with one attached hydrogen (secondary N) is 2. The van der Waals surface area contributed by atoms with Gasteiger partial charge < -0.3 is 25.0 Å². The van der Waals surface area contributed by atoms with Crippen LogP contribution in [0.3, 0.4) is 0 Å². The number of imide groups is 1. The van der Waals surface area contributed by atoms with E-state index in [0.717, 1.165) is 35.6 Å². The zero-order valence-corrected chi connectivity index (χ0v) is 25.2. The van der Waals surface area contributed by atoms with Gasteiger partial charge >= 0.3 is 6.09 Å². The molecular weight excluding hydrogens is 598 g/mol. The minimum Gasteiger partial charge on any atom is -0.442 e. The second kappa shape index (κ2) is 14.3. The first-order valence-corrected chi connectivity index (χ1v) is 15.6. The number of anilines is 2. The molecule has 0 radical (unpaired) electrons. The lowest BCUT2D eigenvalue weighted by atomic mass is 10.2. The molecular formula is C29H34ClN5O7S. The molecule has 5 rings (SSSR count). The Morgan fingerprint density at radius 3 is 2.51 bits per heavy atom. The van der Waals surface area contributed by atoms with Gasteiger partial charge in [0.25, 0.3) is 11.8 Å². The summed E-state index contributed by atoms with van der Waals surface area (Å²) in [5.41, 5.74) is 1.27. The van der Waals surface area contributed by atoms with Crippen molar-refractivity contribution in [3.8, 4) is 0 Å². The minimum absolute atomic E-state index is 0.0300. The van der Waals surface area contributed by atoms with Crippen molar-refractivity contribution in [2.45, 2.75) is 44.2 Å². The zero-order valence-electron chi connectivity index (χ0n) is 23.6. The van der Waals surface area contributed by atoms with Gasteiger partial charge in [0, 0.05) is 30.9 Å². The number of hydrogen-bond donors (Lipinski definition) is 2. The molecule has 0 aliphatic carbocycles. The van der Waals surface area contributed by atoms with Crippen LogP contribution < -0.4 is 20.4 Å². The van der Waals surface area contributed by atoms with E-state index in [1.807, 2.05) is 0 Å². The number of carbonyl (C=O) groups excluding carboxylic acids is 5. The molecule has 5 amide bonds. The van der Waals surface area contributed by atoms with Gasteiger partial charge in [-0.15, -0.1) is 11.3 Å². The van der Waals surface area contributed by atoms with Crippen molar-refractivity contribution in [2.24, 2.45) is 0 Å². The largest absolute Gasteiger partial charge is 0.442 e. The molecule has 3 fully saturated rings. The van der Waals surface area contributed by atoms with Crippen LogP contribution in [0.4, 0.5) is 16.2 Å². The SMILES string of the molecule is O=C(NCCCCC(=O)N(C[C@H]1CN(c2ccc(N3CCOCC3=O)cc2)C(=O)O1)C(=O)c1ccc(Cl)s1)[C@@H]1CCCN1. The van der Waals surface area contributed by atoms with E-state index in [0.29, 0.717) is 53.1 Å². The van der Waals surface area contributed by atoms with Crippen LogP contribution in [0, 0.1) is 0 Å². The molecule has 4 heterocycles. The average Bonchev–Trinajstić information content (AvgIpc) is 3.77. The number of benzene rings is 1. The first kappa shape index (κ1) is 30.9. The lowest BCUT2D eigenvalue weighted by molar-refractivity contribution is -0.129. The summed E-state index contributed by atoms with van der Waals surface area (Å²) in [6, 6.07) is 9.96. The van der Waals surface area contributed by atoms with Gasteiger partial charge in [-0.25, -0.2) is 4.79 Å². The molecule has 2 aromatic rings. The summed E-state index contributed by atoms with van der Waals surface area (Å²) in [7, 11) is 0. The molecule has 230 valence electrons. The third kappa shape index (κ3) is 7.71. The number of hydrogen-bond acceptors (Lipinski definition) is 9. The summed E-state index contributed by atoms with van der Waals surface area (Å²) in [4.78, 5) is 68.3. The Morgan fingerprint density at radius 1 is 1.07 bits per heavy atom. The highest BCUT2D eigenvalue weighted by Gasteiger charge is 2.36. The molecule has 0 spiro atoms. The number of carbonyl (C=O) groups is 5. The molecule has 43 heavy (non-hydrogen) atoms. The second-order valence-corrected chi connectivity index (χ2v) is 12.3. The predicted octanol–water partition coefficient (Wildman–Crippen LogP) is 2.80. The summed E-state index contributed by atoms with van der Waals surface area (Å²) in [5.74, 6) is -1.07. The van der Waals surface area contributed by atoms with Gasteiger partial charge in [-0.2, -0.15) is 0 Å². The fourth-order valence-electron chi connectivity index (χ4n) is 5.27. The summed E-state index contributed by atoms with van der Waals surface area (Å²) in [6.07, 6.45) is 1.60. The third-order valence-electron chi connectivity index (χ3n) is 7.54. The van der Waals surface area contributed by atoms with Crippen molar-refractivity contribution >= 4 is 64.0 Å². The van der Waals surface area contributed by atoms with Gasteiger partial charge in [-0.1, -0.05) is 11.6 Å². The highest BCUT2D eigenvalue weighted by Crippen LogP contribution is 2.27. The maximum absolute atomic E-state index is 13.4. The standard InChI is InChI=1S/C29H34ClN5O7S/c30-24-11-10-23(43-24)28(39)35(25(36)5-1-2-12-32-27(38)22-4-3-13-31-22)17-21-16-34(29(40)42-21)20-8-6-19(7-9-20)33-14-15-41-18-26(33)37/h6-11,21-22,31H,1-5,12-18H2,(H,32,38)/t21-,22+/m1/s1. The highest BCUT2D eigenvalue weighted by molar-refractivity contribution is 7.18. The van der Waals surface area contributed by atoms with E-state index >= 15 is 0 Å². The van der Waals surface area contributed by atoms with Crippen LogP contribution in [0.5, 0.6) is 0 Å². The molecule has 3 aliphatic rings. The number of ether oxygens (including phenoxy) is 2. The van der Waals surface area contributed by atoms with Crippen LogP contribution in [0.25, 0.3) is 0 Å². The van der Waals surface area contributed by atoms with Crippen molar-refractivity contribution in [1.29, 1.82) is 0 Å². The van der Waals surface area contributed by atoms with Crippen molar-refractivity contribution in [1.82, 2.24) is 15.5 Å². The number of nitrogens with zero attached hydrogens (tertiary/aromatic N) is 3. The van der Waals surface area contributed by atoms with E-state index in [4.69, 9.17) is 21.1 Å². The Bertz CT molecular complexity index is 1350. The second-order valence-electron chi connectivity index (χ2n) is 10.5. The fraction of sp³-hybridized carbons (Fsp3) is 0.483. The van der Waals surface area contributed by atoms with Gasteiger partial charge in [0.05, 0.1) is 35.0 Å². The first-order chi connectivity index (χ1) is 20.8. The predicted molar refractivity (Wildman–Crippen MR) is 160 cm³/mol. The molecule has 0 bridgehead atoms. The normalized spacial score (nSPS) is 20.3. The summed E-state index contributed by atoms with van der Waals surface area (Å²) >= 11 is 7.12. The van der Waals surface area contributed by atoms with E-state index in [1.165, 1.54) is 4.90 Å². The van der Waals surface area contributed by atoms with Crippen LogP contribution in [0.1, 0.15) is 41.8 Å². The molecule has 3 saturated heterocycles. The Hall–Kier alpha value is -3.52. The molecule has 1 aromatic carbocycles. The lowest BCUT2D eigenvalue weighted by Gasteiger charge is -2.27. The van der Waals surface area contributed by atoms with E-state index in [2.05, 4.69) is 10.6 Å².